The van der Waals surface area contributed by atoms with Gasteiger partial charge in [-0.25, -0.2) is 0 Å². The number of aliphatic carboxylic acids is 1. The van der Waals surface area contributed by atoms with Crippen molar-refractivity contribution in [3.05, 3.63) is 21.3 Å². The summed E-state index contributed by atoms with van der Waals surface area (Å²) >= 11 is 7.23. The normalized spacial score (nSPS) is 14.0. The molecule has 2 atom stereocenters. The van der Waals surface area contributed by atoms with E-state index in [-0.39, 0.29) is 5.91 Å². The van der Waals surface area contributed by atoms with Gasteiger partial charge in [0.05, 0.1) is 16.8 Å². The molecule has 0 spiro atoms. The lowest BCUT2D eigenvalue weighted by Gasteiger charge is -2.23. The third kappa shape index (κ3) is 3.71. The van der Waals surface area contributed by atoms with Gasteiger partial charge in [-0.2, -0.15) is 0 Å². The van der Waals surface area contributed by atoms with E-state index in [0.29, 0.717) is 10.9 Å². The second kappa shape index (κ2) is 6.20. The molecular formula is C12H16ClNO3S. The number of rotatable bonds is 5. The lowest BCUT2D eigenvalue weighted by Crippen LogP contribution is -2.36. The maximum atomic E-state index is 12.0. The quantitative estimate of drug-likeness (QED) is 0.907. The molecule has 18 heavy (non-hydrogen) atoms. The summed E-state index contributed by atoms with van der Waals surface area (Å²) in [6.45, 7) is 3.63. The van der Waals surface area contributed by atoms with Gasteiger partial charge in [-0.15, -0.1) is 11.3 Å². The van der Waals surface area contributed by atoms with Crippen LogP contribution < -0.4 is 0 Å². The van der Waals surface area contributed by atoms with Crippen LogP contribution in [0.25, 0.3) is 0 Å². The van der Waals surface area contributed by atoms with Crippen LogP contribution in [-0.2, 0) is 16.1 Å². The van der Waals surface area contributed by atoms with Crippen LogP contribution in [-0.4, -0.2) is 28.9 Å². The molecular weight excluding hydrogens is 274 g/mol. The SMILES string of the molecule is CC(C(=O)O)C(C)C(=O)N(C)Cc1ccc(Cl)s1. The molecule has 0 aliphatic rings. The maximum Gasteiger partial charge on any atom is 0.307 e. The molecule has 100 valence electrons. The number of carboxylic acids is 1. The lowest BCUT2D eigenvalue weighted by molar-refractivity contribution is -0.148. The first-order valence-corrected chi connectivity index (χ1v) is 6.74. The predicted molar refractivity (Wildman–Crippen MR) is 71.8 cm³/mol. The van der Waals surface area contributed by atoms with E-state index in [4.69, 9.17) is 16.7 Å². The summed E-state index contributed by atoms with van der Waals surface area (Å²) < 4.78 is 0.679. The van der Waals surface area contributed by atoms with Crippen molar-refractivity contribution in [1.29, 1.82) is 0 Å². The van der Waals surface area contributed by atoms with Crippen molar-refractivity contribution >= 4 is 34.8 Å². The zero-order valence-corrected chi connectivity index (χ0v) is 12.1. The van der Waals surface area contributed by atoms with Crippen molar-refractivity contribution in [1.82, 2.24) is 4.90 Å². The molecule has 1 aromatic heterocycles. The summed E-state index contributed by atoms with van der Waals surface area (Å²) in [7, 11) is 1.67. The molecule has 0 fully saturated rings. The zero-order chi connectivity index (χ0) is 13.9. The summed E-state index contributed by atoms with van der Waals surface area (Å²) in [5.74, 6) is -2.35. The summed E-state index contributed by atoms with van der Waals surface area (Å²) in [6, 6.07) is 3.64. The largest absolute Gasteiger partial charge is 0.481 e. The van der Waals surface area contributed by atoms with Crippen LogP contribution in [0.5, 0.6) is 0 Å². The van der Waals surface area contributed by atoms with Crippen LogP contribution in [0.4, 0.5) is 0 Å². The highest BCUT2D eigenvalue weighted by molar-refractivity contribution is 7.16. The first-order chi connectivity index (χ1) is 8.32. The van der Waals surface area contributed by atoms with Crippen molar-refractivity contribution < 1.29 is 14.7 Å². The molecule has 1 aromatic rings. The minimum atomic E-state index is -0.955. The number of nitrogens with zero attached hydrogens (tertiary/aromatic N) is 1. The van der Waals surface area contributed by atoms with Gasteiger partial charge < -0.3 is 10.0 Å². The van der Waals surface area contributed by atoms with Crippen molar-refractivity contribution in [2.24, 2.45) is 11.8 Å². The number of hydrogen-bond donors (Lipinski definition) is 1. The molecule has 1 rings (SSSR count). The van der Waals surface area contributed by atoms with Crippen molar-refractivity contribution in [3.8, 4) is 0 Å². The first-order valence-electron chi connectivity index (χ1n) is 5.55. The number of carbonyl (C=O) groups is 2. The number of amides is 1. The second-order valence-electron chi connectivity index (χ2n) is 4.32. The fourth-order valence-corrected chi connectivity index (χ4v) is 2.66. The van der Waals surface area contributed by atoms with Gasteiger partial charge in [-0.05, 0) is 12.1 Å². The van der Waals surface area contributed by atoms with Crippen molar-refractivity contribution in [3.63, 3.8) is 0 Å². The Balaban J connectivity index is 2.63. The summed E-state index contributed by atoms with van der Waals surface area (Å²) in [5.41, 5.74) is 0. The van der Waals surface area contributed by atoms with E-state index in [1.807, 2.05) is 6.07 Å². The molecule has 1 N–H and O–H groups in total. The standard InChI is InChI=1S/C12H16ClNO3S/c1-7(8(2)12(16)17)11(15)14(3)6-9-4-5-10(13)18-9/h4-5,7-8H,6H2,1-3H3,(H,16,17). The Bertz CT molecular complexity index is 446. The van der Waals surface area contributed by atoms with Crippen LogP contribution in [0, 0.1) is 11.8 Å². The molecule has 6 heteroatoms. The molecule has 0 aliphatic carbocycles. The number of halogens is 1. The molecule has 0 aliphatic heterocycles. The van der Waals surface area contributed by atoms with Crippen LogP contribution in [0.2, 0.25) is 4.34 Å². The van der Waals surface area contributed by atoms with Crippen LogP contribution >= 0.6 is 22.9 Å². The Morgan fingerprint density at radius 3 is 2.44 bits per heavy atom. The number of carbonyl (C=O) groups excluding carboxylic acids is 1. The van der Waals surface area contributed by atoms with Gasteiger partial charge in [0.15, 0.2) is 0 Å². The Morgan fingerprint density at radius 1 is 1.39 bits per heavy atom. The molecule has 0 aromatic carbocycles. The van der Waals surface area contributed by atoms with Gasteiger partial charge in [0.25, 0.3) is 0 Å². The number of carboxylic acid groups (broad SMARTS) is 1. The van der Waals surface area contributed by atoms with E-state index < -0.39 is 17.8 Å². The molecule has 0 saturated heterocycles. The smallest absolute Gasteiger partial charge is 0.307 e. The Hall–Kier alpha value is -1.07. The van der Waals surface area contributed by atoms with Crippen LogP contribution in [0.1, 0.15) is 18.7 Å². The highest BCUT2D eigenvalue weighted by atomic mass is 35.5. The third-order valence-corrected chi connectivity index (χ3v) is 4.14. The fourth-order valence-electron chi connectivity index (χ4n) is 1.52. The van der Waals surface area contributed by atoms with E-state index >= 15 is 0 Å². The molecule has 4 nitrogen and oxygen atoms in total. The molecule has 1 amide bonds. The monoisotopic (exact) mass is 289 g/mol. The Labute approximate surface area is 115 Å². The highest BCUT2D eigenvalue weighted by Gasteiger charge is 2.28. The van der Waals surface area contributed by atoms with E-state index in [1.54, 1.807) is 27.0 Å². The van der Waals surface area contributed by atoms with Gasteiger partial charge in [-0.1, -0.05) is 25.4 Å². The molecule has 0 saturated carbocycles. The van der Waals surface area contributed by atoms with Crippen molar-refractivity contribution in [2.45, 2.75) is 20.4 Å². The summed E-state index contributed by atoms with van der Waals surface area (Å²) in [6.07, 6.45) is 0. The van der Waals surface area contributed by atoms with E-state index in [9.17, 15) is 9.59 Å². The topological polar surface area (TPSA) is 57.6 Å². The van der Waals surface area contributed by atoms with Gasteiger partial charge in [0, 0.05) is 17.8 Å². The lowest BCUT2D eigenvalue weighted by atomic mass is 9.95. The summed E-state index contributed by atoms with van der Waals surface area (Å²) in [4.78, 5) is 25.4. The average Bonchev–Trinajstić information content (AvgIpc) is 2.71. The van der Waals surface area contributed by atoms with Crippen molar-refractivity contribution in [2.75, 3.05) is 7.05 Å². The second-order valence-corrected chi connectivity index (χ2v) is 6.12. The average molecular weight is 290 g/mol. The van der Waals surface area contributed by atoms with Gasteiger partial charge in [-0.3, -0.25) is 9.59 Å². The van der Waals surface area contributed by atoms with E-state index in [0.717, 1.165) is 4.88 Å². The maximum absolute atomic E-state index is 12.0. The van der Waals surface area contributed by atoms with Gasteiger partial charge >= 0.3 is 5.97 Å². The summed E-state index contributed by atoms with van der Waals surface area (Å²) in [5, 5.41) is 8.89. The zero-order valence-electron chi connectivity index (χ0n) is 10.5. The number of thiophene rings is 1. The predicted octanol–water partition coefficient (Wildman–Crippen LogP) is 2.72. The Kier molecular flexibility index (Phi) is 5.16. The van der Waals surface area contributed by atoms with Crippen LogP contribution in [0.3, 0.4) is 0 Å². The highest BCUT2D eigenvalue weighted by Crippen LogP contribution is 2.23. The molecule has 0 bridgehead atoms. The Morgan fingerprint density at radius 2 is 2.00 bits per heavy atom. The number of hydrogen-bond acceptors (Lipinski definition) is 3. The van der Waals surface area contributed by atoms with Crippen LogP contribution in [0.15, 0.2) is 12.1 Å². The minimum Gasteiger partial charge on any atom is -0.481 e. The first kappa shape index (κ1) is 15.0. The van der Waals surface area contributed by atoms with Gasteiger partial charge in [0.1, 0.15) is 0 Å². The minimum absolute atomic E-state index is 0.172. The molecule has 1 heterocycles. The fraction of sp³-hybridized carbons (Fsp3) is 0.500. The van der Waals surface area contributed by atoms with E-state index in [2.05, 4.69) is 0 Å². The third-order valence-electron chi connectivity index (χ3n) is 2.93. The van der Waals surface area contributed by atoms with E-state index in [1.165, 1.54) is 16.2 Å². The van der Waals surface area contributed by atoms with Gasteiger partial charge in [0.2, 0.25) is 5.91 Å². The molecule has 2 unspecified atom stereocenters. The molecule has 0 radical (unpaired) electrons.